The minimum atomic E-state index is -0.284. The first-order valence-corrected chi connectivity index (χ1v) is 8.93. The molecule has 1 aliphatic heterocycles. The van der Waals surface area contributed by atoms with Crippen molar-refractivity contribution in [1.29, 1.82) is 0 Å². The summed E-state index contributed by atoms with van der Waals surface area (Å²) in [5.41, 5.74) is 2.26. The average molecular weight is 330 g/mol. The minimum Gasteiger partial charge on any atom is -0.391 e. The van der Waals surface area contributed by atoms with Crippen LogP contribution in [0.4, 0.5) is 0 Å². The smallest absolute Gasteiger partial charge is 0.137 e. The number of aliphatic hydroxyl groups excluding tert-OH is 1. The standard InChI is InChI=1S/C18H26N4O2/c1-12-16(13(2)24-20-12)4-7-21-10-14-8-17(22-6-3-5-19-22)18(23)9-15(14)11-21/h3,5-6,14-15,17-18,23H,4,7-11H2,1-2H3/t14-,15+,17-,18-/m1/s1. The maximum Gasteiger partial charge on any atom is 0.137 e. The third kappa shape index (κ3) is 2.89. The van der Waals surface area contributed by atoms with Crippen LogP contribution < -0.4 is 0 Å². The summed E-state index contributed by atoms with van der Waals surface area (Å²) < 4.78 is 7.20. The fourth-order valence-corrected chi connectivity index (χ4v) is 4.58. The second kappa shape index (κ2) is 6.33. The lowest BCUT2D eigenvalue weighted by atomic mass is 9.77. The van der Waals surface area contributed by atoms with Gasteiger partial charge in [-0.2, -0.15) is 5.10 Å². The SMILES string of the molecule is Cc1noc(C)c1CCN1C[C@H]2C[C@@H](n3cccn3)[C@H](O)C[C@H]2C1. The van der Waals surface area contributed by atoms with E-state index in [0.717, 1.165) is 50.4 Å². The van der Waals surface area contributed by atoms with Gasteiger partial charge in [-0.1, -0.05) is 5.16 Å². The van der Waals surface area contributed by atoms with E-state index in [2.05, 4.69) is 15.2 Å². The number of nitrogens with zero attached hydrogens (tertiary/aromatic N) is 4. The van der Waals surface area contributed by atoms with Crippen molar-refractivity contribution < 1.29 is 9.63 Å². The van der Waals surface area contributed by atoms with Gasteiger partial charge < -0.3 is 14.5 Å². The Morgan fingerprint density at radius 2 is 2.04 bits per heavy atom. The average Bonchev–Trinajstić information content (AvgIpc) is 3.26. The van der Waals surface area contributed by atoms with Gasteiger partial charge in [-0.05, 0) is 51.0 Å². The van der Waals surface area contributed by atoms with Crippen molar-refractivity contribution in [3.05, 3.63) is 35.5 Å². The fourth-order valence-electron chi connectivity index (χ4n) is 4.58. The molecule has 0 spiro atoms. The number of aryl methyl sites for hydroxylation is 2. The number of aliphatic hydroxyl groups is 1. The zero-order valence-corrected chi connectivity index (χ0v) is 14.4. The van der Waals surface area contributed by atoms with Gasteiger partial charge in [-0.15, -0.1) is 0 Å². The highest BCUT2D eigenvalue weighted by Gasteiger charge is 2.42. The Balaban J connectivity index is 1.37. The summed E-state index contributed by atoms with van der Waals surface area (Å²) in [6, 6.07) is 2.06. The van der Waals surface area contributed by atoms with Gasteiger partial charge in [0.05, 0.1) is 17.8 Å². The van der Waals surface area contributed by atoms with E-state index >= 15 is 0 Å². The molecule has 1 aliphatic carbocycles. The first-order chi connectivity index (χ1) is 11.6. The third-order valence-corrected chi connectivity index (χ3v) is 5.91. The lowest BCUT2D eigenvalue weighted by Crippen LogP contribution is -2.36. The Morgan fingerprint density at radius 1 is 1.25 bits per heavy atom. The van der Waals surface area contributed by atoms with Crippen LogP contribution in [0.3, 0.4) is 0 Å². The highest BCUT2D eigenvalue weighted by molar-refractivity contribution is 5.21. The number of likely N-dealkylation sites (tertiary alicyclic amines) is 1. The molecule has 4 rings (SSSR count). The van der Waals surface area contributed by atoms with E-state index in [4.69, 9.17) is 4.52 Å². The molecule has 0 unspecified atom stereocenters. The summed E-state index contributed by atoms with van der Waals surface area (Å²) in [5.74, 6) is 2.21. The summed E-state index contributed by atoms with van der Waals surface area (Å²) in [7, 11) is 0. The molecule has 130 valence electrons. The summed E-state index contributed by atoms with van der Waals surface area (Å²) in [5, 5.41) is 18.9. The van der Waals surface area contributed by atoms with E-state index in [-0.39, 0.29) is 12.1 Å². The van der Waals surface area contributed by atoms with E-state index in [0.29, 0.717) is 11.8 Å². The number of fused-ring (bicyclic) bond motifs is 1. The lowest BCUT2D eigenvalue weighted by Gasteiger charge is -2.35. The molecule has 1 saturated carbocycles. The van der Waals surface area contributed by atoms with Gasteiger partial charge in [-0.25, -0.2) is 0 Å². The summed E-state index contributed by atoms with van der Waals surface area (Å²) in [6.45, 7) is 7.26. The Bertz CT molecular complexity index is 662. The van der Waals surface area contributed by atoms with Gasteiger partial charge in [0.15, 0.2) is 0 Å². The van der Waals surface area contributed by atoms with Crippen LogP contribution in [0, 0.1) is 25.7 Å². The molecule has 3 heterocycles. The van der Waals surface area contributed by atoms with Crippen LogP contribution in [-0.2, 0) is 6.42 Å². The van der Waals surface area contributed by atoms with Crippen LogP contribution in [0.25, 0.3) is 0 Å². The van der Waals surface area contributed by atoms with Crippen molar-refractivity contribution >= 4 is 0 Å². The van der Waals surface area contributed by atoms with Crippen molar-refractivity contribution in [2.75, 3.05) is 19.6 Å². The van der Waals surface area contributed by atoms with Crippen LogP contribution in [0.1, 0.15) is 35.9 Å². The molecule has 6 nitrogen and oxygen atoms in total. The molecule has 6 heteroatoms. The second-order valence-electron chi connectivity index (χ2n) is 7.42. The Morgan fingerprint density at radius 3 is 2.71 bits per heavy atom. The van der Waals surface area contributed by atoms with E-state index in [1.807, 2.05) is 30.8 Å². The predicted octanol–water partition coefficient (Wildman–Crippen LogP) is 1.97. The molecule has 0 radical (unpaired) electrons. The highest BCUT2D eigenvalue weighted by atomic mass is 16.5. The number of rotatable bonds is 4. The number of hydrogen-bond acceptors (Lipinski definition) is 5. The Labute approximate surface area is 142 Å². The monoisotopic (exact) mass is 330 g/mol. The molecular formula is C18H26N4O2. The summed E-state index contributed by atoms with van der Waals surface area (Å²) in [4.78, 5) is 2.54. The van der Waals surface area contributed by atoms with Crippen LogP contribution in [0.5, 0.6) is 0 Å². The molecule has 0 bridgehead atoms. The first kappa shape index (κ1) is 15.8. The number of hydrogen-bond donors (Lipinski definition) is 1. The molecule has 2 fully saturated rings. The summed E-state index contributed by atoms with van der Waals surface area (Å²) in [6.07, 6.45) is 6.38. The third-order valence-electron chi connectivity index (χ3n) is 5.91. The van der Waals surface area contributed by atoms with Crippen molar-refractivity contribution in [3.8, 4) is 0 Å². The molecular weight excluding hydrogens is 304 g/mol. The molecule has 24 heavy (non-hydrogen) atoms. The van der Waals surface area contributed by atoms with Crippen LogP contribution in [0.15, 0.2) is 23.0 Å². The van der Waals surface area contributed by atoms with Crippen molar-refractivity contribution in [2.45, 2.75) is 45.3 Å². The van der Waals surface area contributed by atoms with Gasteiger partial charge in [0.2, 0.25) is 0 Å². The quantitative estimate of drug-likeness (QED) is 0.928. The van der Waals surface area contributed by atoms with Gasteiger partial charge >= 0.3 is 0 Å². The first-order valence-electron chi connectivity index (χ1n) is 8.93. The van der Waals surface area contributed by atoms with Gasteiger partial charge in [0.1, 0.15) is 5.76 Å². The molecule has 1 N–H and O–H groups in total. The van der Waals surface area contributed by atoms with Crippen molar-refractivity contribution in [2.24, 2.45) is 11.8 Å². The van der Waals surface area contributed by atoms with Gasteiger partial charge in [0, 0.05) is 37.6 Å². The van der Waals surface area contributed by atoms with Crippen LogP contribution in [0.2, 0.25) is 0 Å². The largest absolute Gasteiger partial charge is 0.391 e. The van der Waals surface area contributed by atoms with Crippen molar-refractivity contribution in [3.63, 3.8) is 0 Å². The minimum absolute atomic E-state index is 0.128. The molecule has 1 saturated heterocycles. The zero-order valence-electron chi connectivity index (χ0n) is 14.4. The predicted molar refractivity (Wildman–Crippen MR) is 89.6 cm³/mol. The Hall–Kier alpha value is -1.66. The molecule has 0 aromatic carbocycles. The number of aromatic nitrogens is 3. The highest BCUT2D eigenvalue weighted by Crippen LogP contribution is 2.41. The molecule has 0 amide bonds. The second-order valence-corrected chi connectivity index (χ2v) is 7.42. The normalized spacial score (nSPS) is 30.6. The van der Waals surface area contributed by atoms with Gasteiger partial charge in [0.25, 0.3) is 0 Å². The van der Waals surface area contributed by atoms with E-state index in [1.54, 1.807) is 6.20 Å². The van der Waals surface area contributed by atoms with Crippen molar-refractivity contribution in [1.82, 2.24) is 19.8 Å². The Kier molecular flexibility index (Phi) is 4.18. The maximum absolute atomic E-state index is 10.5. The van der Waals surface area contributed by atoms with Crippen LogP contribution in [-0.4, -0.2) is 50.7 Å². The van der Waals surface area contributed by atoms with E-state index < -0.39 is 0 Å². The zero-order chi connectivity index (χ0) is 16.7. The molecule has 2 aromatic rings. The topological polar surface area (TPSA) is 67.3 Å². The maximum atomic E-state index is 10.5. The lowest BCUT2D eigenvalue weighted by molar-refractivity contribution is 0.0306. The summed E-state index contributed by atoms with van der Waals surface area (Å²) >= 11 is 0. The van der Waals surface area contributed by atoms with E-state index in [1.165, 1.54) is 5.56 Å². The van der Waals surface area contributed by atoms with Gasteiger partial charge in [-0.3, -0.25) is 4.68 Å². The molecule has 4 atom stereocenters. The molecule has 2 aromatic heterocycles. The fraction of sp³-hybridized carbons (Fsp3) is 0.667. The molecule has 2 aliphatic rings. The van der Waals surface area contributed by atoms with E-state index in [9.17, 15) is 5.11 Å². The van der Waals surface area contributed by atoms with Crippen LogP contribution >= 0.6 is 0 Å².